The zero-order valence-corrected chi connectivity index (χ0v) is 25.6. The van der Waals surface area contributed by atoms with E-state index in [4.69, 9.17) is 9.97 Å². The summed E-state index contributed by atoms with van der Waals surface area (Å²) in [5.41, 5.74) is 2.94. The van der Waals surface area contributed by atoms with Crippen LogP contribution in [0.4, 0.5) is 16.2 Å². The number of benzene rings is 3. The summed E-state index contributed by atoms with van der Waals surface area (Å²) in [6, 6.07) is 23.2. The first-order valence-electron chi connectivity index (χ1n) is 14.9. The molecule has 8 heteroatoms. The number of hydrogen-bond donors (Lipinski definition) is 3. The maximum absolute atomic E-state index is 13.4. The molecule has 1 heterocycles. The number of nitrogens with one attached hydrogen (secondary N) is 2. The summed E-state index contributed by atoms with van der Waals surface area (Å²) in [4.78, 5) is 12.8. The van der Waals surface area contributed by atoms with E-state index in [2.05, 4.69) is 47.9 Å². The van der Waals surface area contributed by atoms with Crippen molar-refractivity contribution in [1.82, 2.24) is 15.3 Å². The van der Waals surface area contributed by atoms with Gasteiger partial charge >= 0.3 is 0 Å². The Bertz CT molecular complexity index is 1420. The molecular weight excluding hydrogens is 545 g/mol. The molecule has 0 radical (unpaired) electrons. The summed E-state index contributed by atoms with van der Waals surface area (Å²) < 4.78 is 13.4. The molecule has 4 aromatic rings. The van der Waals surface area contributed by atoms with Crippen molar-refractivity contribution in [2.75, 3.05) is 37.4 Å². The van der Waals surface area contributed by atoms with Crippen LogP contribution in [0.3, 0.4) is 0 Å². The second kappa shape index (κ2) is 14.3. The third-order valence-electron chi connectivity index (χ3n) is 8.06. The fraction of sp³-hybridized carbons (Fsp3) is 0.412. The van der Waals surface area contributed by atoms with Gasteiger partial charge in [0.2, 0.25) is 5.95 Å². The number of aromatic nitrogens is 2. The molecule has 1 aliphatic carbocycles. The molecule has 0 saturated heterocycles. The lowest BCUT2D eigenvalue weighted by Crippen LogP contribution is -2.34. The monoisotopic (exact) mass is 587 g/mol. The Kier molecular flexibility index (Phi) is 10.3. The number of anilines is 2. The van der Waals surface area contributed by atoms with Gasteiger partial charge in [-0.1, -0.05) is 42.0 Å². The number of rotatable bonds is 12. The van der Waals surface area contributed by atoms with Gasteiger partial charge in [0.15, 0.2) is 0 Å². The zero-order valence-electron chi connectivity index (χ0n) is 24.8. The van der Waals surface area contributed by atoms with Crippen LogP contribution >= 0.6 is 11.8 Å². The highest BCUT2D eigenvalue weighted by atomic mass is 32.2. The first-order chi connectivity index (χ1) is 20.3. The third-order valence-corrected chi connectivity index (χ3v) is 9.29. The van der Waals surface area contributed by atoms with Crippen LogP contribution in [0.1, 0.15) is 49.3 Å². The standard InChI is InChI=1S/C34H42FN5OS/c1-23-8-18-28(19-9-23)42-29(20-32(41)25-12-14-26(35)15-13-25)22-36-21-24-10-16-27(17-11-24)37-34-38-31-7-5-4-6-30(31)33(39-34)40(2)3/h4-9,12-15,18-19,24,27,29,32,36,41H,10-11,16-17,20-22H2,1-3H3,(H,37,38,39)/t24-,27+,29?,32?. The first-order valence-corrected chi connectivity index (χ1v) is 15.8. The van der Waals surface area contributed by atoms with Crippen LogP contribution in [-0.4, -0.2) is 53.6 Å². The molecule has 5 rings (SSSR count). The number of halogens is 1. The van der Waals surface area contributed by atoms with Crippen LogP contribution in [0.2, 0.25) is 0 Å². The lowest BCUT2D eigenvalue weighted by Gasteiger charge is -2.30. The van der Waals surface area contributed by atoms with E-state index in [1.54, 1.807) is 23.9 Å². The number of nitrogens with zero attached hydrogens (tertiary/aromatic N) is 3. The Labute approximate surface area is 253 Å². The second-order valence-corrected chi connectivity index (χ2v) is 13.0. The maximum atomic E-state index is 13.4. The molecule has 1 saturated carbocycles. The molecule has 3 aromatic carbocycles. The number of para-hydroxylation sites is 1. The molecule has 0 amide bonds. The molecule has 6 nitrogen and oxygen atoms in total. The van der Waals surface area contributed by atoms with Crippen molar-refractivity contribution in [3.05, 3.63) is 89.7 Å². The summed E-state index contributed by atoms with van der Waals surface area (Å²) >= 11 is 1.79. The van der Waals surface area contributed by atoms with E-state index >= 15 is 0 Å². The molecule has 42 heavy (non-hydrogen) atoms. The molecule has 0 spiro atoms. The average molecular weight is 588 g/mol. The van der Waals surface area contributed by atoms with Gasteiger partial charge in [-0.15, -0.1) is 11.8 Å². The van der Waals surface area contributed by atoms with E-state index < -0.39 is 6.10 Å². The maximum Gasteiger partial charge on any atom is 0.225 e. The summed E-state index contributed by atoms with van der Waals surface area (Å²) in [7, 11) is 4.04. The molecule has 0 bridgehead atoms. The van der Waals surface area contributed by atoms with Crippen molar-refractivity contribution in [3.63, 3.8) is 0 Å². The fourth-order valence-corrected chi connectivity index (χ4v) is 6.82. The van der Waals surface area contributed by atoms with E-state index in [0.717, 1.165) is 61.1 Å². The Morgan fingerprint density at radius 2 is 1.67 bits per heavy atom. The van der Waals surface area contributed by atoms with Crippen molar-refractivity contribution in [1.29, 1.82) is 0 Å². The fourth-order valence-electron chi connectivity index (χ4n) is 5.66. The van der Waals surface area contributed by atoms with E-state index in [9.17, 15) is 9.50 Å². The number of aliphatic hydroxyl groups is 1. The van der Waals surface area contributed by atoms with Gasteiger partial charge in [0, 0.05) is 42.2 Å². The first kappa shape index (κ1) is 30.3. The topological polar surface area (TPSA) is 73.3 Å². The molecule has 2 unspecified atom stereocenters. The zero-order chi connectivity index (χ0) is 29.5. The lowest BCUT2D eigenvalue weighted by molar-refractivity contribution is 0.166. The van der Waals surface area contributed by atoms with Crippen molar-refractivity contribution < 1.29 is 9.50 Å². The number of aryl methyl sites for hydroxylation is 1. The third kappa shape index (κ3) is 8.21. The number of thioether (sulfide) groups is 1. The molecule has 3 N–H and O–H groups in total. The van der Waals surface area contributed by atoms with Crippen LogP contribution in [-0.2, 0) is 0 Å². The van der Waals surface area contributed by atoms with E-state index in [1.165, 1.54) is 22.6 Å². The molecule has 1 aliphatic rings. The molecule has 2 atom stereocenters. The second-order valence-electron chi connectivity index (χ2n) is 11.7. The summed E-state index contributed by atoms with van der Waals surface area (Å²) in [6.07, 6.45) is 4.42. The molecule has 222 valence electrons. The van der Waals surface area contributed by atoms with Crippen molar-refractivity contribution in [2.45, 2.75) is 61.3 Å². The number of aliphatic hydroxyl groups excluding tert-OH is 1. The molecule has 0 aliphatic heterocycles. The molecule has 1 aromatic heterocycles. The van der Waals surface area contributed by atoms with Gasteiger partial charge in [-0.3, -0.25) is 0 Å². The van der Waals surface area contributed by atoms with Gasteiger partial charge < -0.3 is 20.6 Å². The molecule has 1 fully saturated rings. The summed E-state index contributed by atoms with van der Waals surface area (Å²) in [6.45, 7) is 3.85. The Balaban J connectivity index is 1.13. The Morgan fingerprint density at radius 3 is 2.38 bits per heavy atom. The lowest BCUT2D eigenvalue weighted by atomic mass is 9.86. The highest BCUT2D eigenvalue weighted by Gasteiger charge is 2.23. The predicted octanol–water partition coefficient (Wildman–Crippen LogP) is 6.99. The Hall–Kier alpha value is -3.20. The van der Waals surface area contributed by atoms with Gasteiger partial charge in [0.1, 0.15) is 11.6 Å². The van der Waals surface area contributed by atoms with Crippen LogP contribution in [0.25, 0.3) is 10.9 Å². The normalized spacial score (nSPS) is 18.5. The van der Waals surface area contributed by atoms with Crippen LogP contribution < -0.4 is 15.5 Å². The van der Waals surface area contributed by atoms with Gasteiger partial charge in [0.25, 0.3) is 0 Å². The van der Waals surface area contributed by atoms with Crippen LogP contribution in [0.5, 0.6) is 0 Å². The minimum atomic E-state index is -0.637. The van der Waals surface area contributed by atoms with Gasteiger partial charge in [-0.25, -0.2) is 9.37 Å². The SMILES string of the molecule is Cc1ccc(SC(CNC[C@H]2CC[C@@H](Nc3nc(N(C)C)c4ccccc4n3)CC2)CC(O)c2ccc(F)cc2)cc1. The van der Waals surface area contributed by atoms with Crippen molar-refractivity contribution >= 4 is 34.4 Å². The highest BCUT2D eigenvalue weighted by Crippen LogP contribution is 2.32. The summed E-state index contributed by atoms with van der Waals surface area (Å²) in [5, 5.41) is 19.5. The van der Waals surface area contributed by atoms with Gasteiger partial charge in [-0.2, -0.15) is 4.98 Å². The number of hydrogen-bond acceptors (Lipinski definition) is 7. The van der Waals surface area contributed by atoms with E-state index in [-0.39, 0.29) is 11.1 Å². The van der Waals surface area contributed by atoms with Gasteiger partial charge in [-0.05, 0) is 93.5 Å². The average Bonchev–Trinajstić information content (AvgIpc) is 2.99. The van der Waals surface area contributed by atoms with Crippen molar-refractivity contribution in [3.8, 4) is 0 Å². The van der Waals surface area contributed by atoms with E-state index in [0.29, 0.717) is 24.3 Å². The van der Waals surface area contributed by atoms with Gasteiger partial charge in [0.05, 0.1) is 11.6 Å². The van der Waals surface area contributed by atoms with Crippen LogP contribution in [0, 0.1) is 18.7 Å². The summed E-state index contributed by atoms with van der Waals surface area (Å²) in [5.74, 6) is 1.97. The quantitative estimate of drug-likeness (QED) is 0.154. The van der Waals surface area contributed by atoms with Crippen LogP contribution in [0.15, 0.2) is 77.7 Å². The van der Waals surface area contributed by atoms with E-state index in [1.807, 2.05) is 37.2 Å². The van der Waals surface area contributed by atoms with Crippen molar-refractivity contribution in [2.24, 2.45) is 5.92 Å². The highest BCUT2D eigenvalue weighted by molar-refractivity contribution is 8.00. The minimum Gasteiger partial charge on any atom is -0.388 e. The predicted molar refractivity (Wildman–Crippen MR) is 173 cm³/mol. The number of fused-ring (bicyclic) bond motifs is 1. The molecular formula is C34H42FN5OS. The smallest absolute Gasteiger partial charge is 0.225 e. The minimum absolute atomic E-state index is 0.182. The Morgan fingerprint density at radius 1 is 0.952 bits per heavy atom. The largest absolute Gasteiger partial charge is 0.388 e.